The number of nitrogens with one attached hydrogen (secondary N) is 1. The number of fused-ring (bicyclic) bond motifs is 1. The second kappa shape index (κ2) is 7.47. The zero-order valence-corrected chi connectivity index (χ0v) is 18.0. The van der Waals surface area contributed by atoms with Crippen LogP contribution in [0, 0.1) is 23.2 Å². The van der Waals surface area contributed by atoms with Crippen LogP contribution in [0.2, 0.25) is 0 Å². The fourth-order valence-corrected chi connectivity index (χ4v) is 6.62. The van der Waals surface area contributed by atoms with E-state index in [1.165, 1.54) is 29.7 Å². The van der Waals surface area contributed by atoms with Crippen molar-refractivity contribution in [3.63, 3.8) is 0 Å². The molecule has 0 spiro atoms. The first-order chi connectivity index (χ1) is 15.6. The second-order valence-corrected chi connectivity index (χ2v) is 9.98. The van der Waals surface area contributed by atoms with Gasteiger partial charge in [0, 0.05) is 18.0 Å². The fraction of sp³-hybridized carbons (Fsp3) is 0.423. The summed E-state index contributed by atoms with van der Waals surface area (Å²) in [6, 6.07) is 14.4. The van der Waals surface area contributed by atoms with Crippen LogP contribution in [-0.2, 0) is 11.4 Å². The summed E-state index contributed by atoms with van der Waals surface area (Å²) in [6.45, 7) is 0.208. The van der Waals surface area contributed by atoms with Crippen LogP contribution >= 0.6 is 0 Å². The van der Waals surface area contributed by atoms with E-state index in [4.69, 9.17) is 4.74 Å². The Morgan fingerprint density at radius 2 is 1.72 bits per heavy atom. The number of ether oxygens (including phenoxy) is 1. The lowest BCUT2D eigenvalue weighted by molar-refractivity contribution is -0.140. The number of rotatable bonds is 5. The van der Waals surface area contributed by atoms with E-state index >= 15 is 0 Å². The van der Waals surface area contributed by atoms with Gasteiger partial charge in [0.15, 0.2) is 0 Å². The molecule has 164 valence electrons. The van der Waals surface area contributed by atoms with Gasteiger partial charge in [-0.25, -0.2) is 4.98 Å². The lowest BCUT2D eigenvalue weighted by Gasteiger charge is -2.55. The highest BCUT2D eigenvalue weighted by Crippen LogP contribution is 2.60. The zero-order chi connectivity index (χ0) is 21.7. The average Bonchev–Trinajstić information content (AvgIpc) is 2.78. The SMILES string of the molecule is O=C(Nc1ccc(OCc2cc(=O)n3ccccc3n2)cc1)C12CC3CC(CC(C3)C1)C2. The lowest BCUT2D eigenvalue weighted by Crippen LogP contribution is -2.51. The predicted octanol–water partition coefficient (Wildman–Crippen LogP) is 4.43. The molecule has 2 aromatic heterocycles. The van der Waals surface area contributed by atoms with Crippen molar-refractivity contribution in [1.82, 2.24) is 9.38 Å². The van der Waals surface area contributed by atoms with Crippen molar-refractivity contribution in [1.29, 1.82) is 0 Å². The van der Waals surface area contributed by atoms with Crippen molar-refractivity contribution in [3.8, 4) is 5.75 Å². The van der Waals surface area contributed by atoms with E-state index in [9.17, 15) is 9.59 Å². The third-order valence-electron chi connectivity index (χ3n) is 7.64. The normalized spacial score (nSPS) is 28.1. The van der Waals surface area contributed by atoms with E-state index in [0.717, 1.165) is 42.7 Å². The Labute approximate surface area is 186 Å². The molecule has 4 aliphatic carbocycles. The maximum atomic E-state index is 13.2. The molecule has 0 saturated heterocycles. The minimum atomic E-state index is -0.153. The monoisotopic (exact) mass is 429 g/mol. The summed E-state index contributed by atoms with van der Waals surface area (Å²) in [5.41, 5.74) is 1.71. The molecular formula is C26H27N3O3. The summed E-state index contributed by atoms with van der Waals surface area (Å²) in [6.07, 6.45) is 8.87. The van der Waals surface area contributed by atoms with Crippen molar-refractivity contribution in [2.75, 3.05) is 5.32 Å². The summed E-state index contributed by atoms with van der Waals surface area (Å²) in [4.78, 5) is 29.9. The van der Waals surface area contributed by atoms with Crippen molar-refractivity contribution in [2.45, 2.75) is 45.1 Å². The Bertz CT molecular complexity index is 1200. The van der Waals surface area contributed by atoms with Crippen LogP contribution in [-0.4, -0.2) is 15.3 Å². The van der Waals surface area contributed by atoms with Crippen LogP contribution in [0.25, 0.3) is 5.65 Å². The van der Waals surface area contributed by atoms with Gasteiger partial charge in [0.1, 0.15) is 18.0 Å². The standard InChI is InChI=1S/C26H27N3O3/c30-24-12-21(27-23-3-1-2-8-29(23)24)16-32-22-6-4-20(5-7-22)28-25(31)26-13-17-9-18(14-26)11-19(10-17)15-26/h1-8,12,17-19H,9-11,13-16H2,(H,28,31). The van der Waals surface area contributed by atoms with E-state index in [2.05, 4.69) is 10.3 Å². The van der Waals surface area contributed by atoms with E-state index in [1.54, 1.807) is 18.3 Å². The van der Waals surface area contributed by atoms with Crippen LogP contribution in [0.3, 0.4) is 0 Å². The third-order valence-corrected chi connectivity index (χ3v) is 7.64. The minimum absolute atomic E-state index is 0.128. The molecule has 0 unspecified atom stereocenters. The van der Waals surface area contributed by atoms with Gasteiger partial charge in [0.2, 0.25) is 5.91 Å². The van der Waals surface area contributed by atoms with Gasteiger partial charge < -0.3 is 10.1 Å². The first-order valence-electron chi connectivity index (χ1n) is 11.6. The van der Waals surface area contributed by atoms with Crippen molar-refractivity contribution < 1.29 is 9.53 Å². The number of hydrogen-bond donors (Lipinski definition) is 1. The first kappa shape index (κ1) is 19.5. The lowest BCUT2D eigenvalue weighted by atomic mass is 9.49. The van der Waals surface area contributed by atoms with Gasteiger partial charge in [-0.15, -0.1) is 0 Å². The summed E-state index contributed by atoms with van der Waals surface area (Å²) in [7, 11) is 0. The Morgan fingerprint density at radius 1 is 1.03 bits per heavy atom. The second-order valence-electron chi connectivity index (χ2n) is 9.98. The van der Waals surface area contributed by atoms with Gasteiger partial charge in [-0.3, -0.25) is 14.0 Å². The van der Waals surface area contributed by atoms with Crippen LogP contribution in [0.5, 0.6) is 5.75 Å². The van der Waals surface area contributed by atoms with E-state index < -0.39 is 0 Å². The smallest absolute Gasteiger partial charge is 0.258 e. The summed E-state index contributed by atoms with van der Waals surface area (Å²) in [5.74, 6) is 3.12. The maximum absolute atomic E-state index is 13.2. The van der Waals surface area contributed by atoms with Gasteiger partial charge in [-0.1, -0.05) is 6.07 Å². The molecule has 2 heterocycles. The van der Waals surface area contributed by atoms with Crippen LogP contribution in [0.4, 0.5) is 5.69 Å². The summed E-state index contributed by atoms with van der Waals surface area (Å²) < 4.78 is 7.34. The minimum Gasteiger partial charge on any atom is -0.487 e. The third kappa shape index (κ3) is 3.48. The fourth-order valence-electron chi connectivity index (χ4n) is 6.62. The number of hydrogen-bond acceptors (Lipinski definition) is 4. The molecule has 0 atom stereocenters. The van der Waals surface area contributed by atoms with Crippen LogP contribution in [0.1, 0.15) is 44.2 Å². The number of amides is 1. The first-order valence-corrected chi connectivity index (χ1v) is 11.6. The molecule has 7 rings (SSSR count). The molecule has 6 heteroatoms. The van der Waals surface area contributed by atoms with Gasteiger partial charge in [0.25, 0.3) is 5.56 Å². The molecule has 3 aromatic rings. The Hall–Kier alpha value is -3.15. The topological polar surface area (TPSA) is 72.7 Å². The molecule has 4 saturated carbocycles. The summed E-state index contributed by atoms with van der Waals surface area (Å²) in [5, 5.41) is 3.18. The number of aromatic nitrogens is 2. The molecule has 1 N–H and O–H groups in total. The Morgan fingerprint density at radius 3 is 2.41 bits per heavy atom. The van der Waals surface area contributed by atoms with Crippen molar-refractivity contribution in [2.24, 2.45) is 23.2 Å². The number of benzene rings is 1. The highest BCUT2D eigenvalue weighted by Gasteiger charge is 2.54. The molecule has 1 amide bonds. The molecular weight excluding hydrogens is 402 g/mol. The van der Waals surface area contributed by atoms with Crippen LogP contribution < -0.4 is 15.6 Å². The molecule has 32 heavy (non-hydrogen) atoms. The molecule has 6 nitrogen and oxygen atoms in total. The molecule has 4 bridgehead atoms. The quantitative estimate of drug-likeness (QED) is 0.651. The van der Waals surface area contributed by atoms with Gasteiger partial charge in [-0.2, -0.15) is 0 Å². The van der Waals surface area contributed by atoms with E-state index in [1.807, 2.05) is 30.3 Å². The Kier molecular flexibility index (Phi) is 4.56. The number of carbonyl (C=O) groups is 1. The maximum Gasteiger partial charge on any atom is 0.258 e. The molecule has 0 radical (unpaired) electrons. The largest absolute Gasteiger partial charge is 0.487 e. The van der Waals surface area contributed by atoms with E-state index in [-0.39, 0.29) is 23.5 Å². The number of nitrogens with zero attached hydrogens (tertiary/aromatic N) is 2. The van der Waals surface area contributed by atoms with Gasteiger partial charge >= 0.3 is 0 Å². The van der Waals surface area contributed by atoms with Gasteiger partial charge in [0.05, 0.1) is 11.1 Å². The Balaban J connectivity index is 1.11. The zero-order valence-electron chi connectivity index (χ0n) is 18.0. The predicted molar refractivity (Wildman–Crippen MR) is 121 cm³/mol. The average molecular weight is 430 g/mol. The van der Waals surface area contributed by atoms with Crippen LogP contribution in [0.15, 0.2) is 59.5 Å². The molecule has 4 fully saturated rings. The highest BCUT2D eigenvalue weighted by molar-refractivity contribution is 5.95. The molecule has 4 aliphatic rings. The number of anilines is 1. The highest BCUT2D eigenvalue weighted by atomic mass is 16.5. The molecule has 0 aliphatic heterocycles. The van der Waals surface area contributed by atoms with E-state index in [0.29, 0.717) is 17.1 Å². The van der Waals surface area contributed by atoms with Crippen molar-refractivity contribution >= 4 is 17.2 Å². The van der Waals surface area contributed by atoms with Crippen molar-refractivity contribution in [3.05, 3.63) is 70.8 Å². The molecule has 1 aromatic carbocycles. The number of pyridine rings is 1. The summed E-state index contributed by atoms with van der Waals surface area (Å²) >= 11 is 0. The number of carbonyl (C=O) groups excluding carboxylic acids is 1. The van der Waals surface area contributed by atoms with Gasteiger partial charge in [-0.05, 0) is 92.7 Å².